The van der Waals surface area contributed by atoms with Gasteiger partial charge in [0.15, 0.2) is 11.5 Å². The molecule has 2 rings (SSSR count). The molecule has 170 valence electrons. The van der Waals surface area contributed by atoms with Crippen LogP contribution in [0.2, 0.25) is 0 Å². The number of ether oxygens (including phenoxy) is 3. The van der Waals surface area contributed by atoms with Gasteiger partial charge in [-0.05, 0) is 49.6 Å². The summed E-state index contributed by atoms with van der Waals surface area (Å²) in [6.45, 7) is 7.77. The molecule has 0 aliphatic rings. The average Bonchev–Trinajstić information content (AvgIpc) is 2.79. The summed E-state index contributed by atoms with van der Waals surface area (Å²) in [7, 11) is 0. The molecule has 4 nitrogen and oxygen atoms in total. The Morgan fingerprint density at radius 3 is 2.13 bits per heavy atom. The average molecular weight is 427 g/mol. The molecular weight excluding hydrogens is 388 g/mol. The number of rotatable bonds is 15. The van der Waals surface area contributed by atoms with Gasteiger partial charge in [0.05, 0.1) is 18.3 Å². The molecule has 0 N–H and O–H groups in total. The molecule has 0 spiro atoms. The van der Waals surface area contributed by atoms with E-state index >= 15 is 0 Å². The Kier molecular flexibility index (Phi) is 11.8. The van der Waals surface area contributed by atoms with Crippen LogP contribution in [-0.2, 0) is 4.74 Å². The van der Waals surface area contributed by atoms with Crippen molar-refractivity contribution in [2.45, 2.75) is 78.2 Å². The van der Waals surface area contributed by atoms with E-state index in [-0.39, 0.29) is 12.1 Å². The Labute approximate surface area is 187 Å². The number of carbonyl (C=O) groups excluding carboxylic acids is 1. The van der Waals surface area contributed by atoms with Crippen molar-refractivity contribution in [2.75, 3.05) is 13.2 Å². The minimum absolute atomic E-state index is 0.00715. The highest BCUT2D eigenvalue weighted by atomic mass is 16.6. The van der Waals surface area contributed by atoms with Crippen molar-refractivity contribution < 1.29 is 19.0 Å². The molecule has 0 radical (unpaired) electrons. The second-order valence-corrected chi connectivity index (χ2v) is 7.94. The maximum absolute atomic E-state index is 12.6. The van der Waals surface area contributed by atoms with E-state index < -0.39 is 0 Å². The van der Waals surface area contributed by atoms with E-state index in [2.05, 4.69) is 13.8 Å². The lowest BCUT2D eigenvalue weighted by Gasteiger charge is -2.14. The van der Waals surface area contributed by atoms with Gasteiger partial charge in [0, 0.05) is 6.61 Å². The smallest absolute Gasteiger partial charge is 0.343 e. The molecule has 0 fully saturated rings. The van der Waals surface area contributed by atoms with Gasteiger partial charge in [-0.3, -0.25) is 0 Å². The molecular formula is C27H38O4. The van der Waals surface area contributed by atoms with E-state index in [1.54, 1.807) is 18.2 Å². The normalized spacial score (nSPS) is 11.8. The minimum atomic E-state index is -0.387. The summed E-state index contributed by atoms with van der Waals surface area (Å²) < 4.78 is 17.3. The molecule has 1 unspecified atom stereocenters. The molecule has 0 aromatic heterocycles. The fourth-order valence-corrected chi connectivity index (χ4v) is 3.27. The molecule has 4 heteroatoms. The molecule has 0 aliphatic carbocycles. The van der Waals surface area contributed by atoms with Crippen LogP contribution in [0.1, 0.15) is 94.2 Å². The van der Waals surface area contributed by atoms with Crippen LogP contribution < -0.4 is 9.47 Å². The Bertz CT molecular complexity index is 754. The summed E-state index contributed by atoms with van der Waals surface area (Å²) in [6.07, 6.45) is 9.42. The van der Waals surface area contributed by atoms with E-state index in [1.165, 1.54) is 25.7 Å². The first-order valence-corrected chi connectivity index (χ1v) is 11.8. The molecule has 0 saturated carbocycles. The summed E-state index contributed by atoms with van der Waals surface area (Å²) in [5, 5.41) is 0. The number of benzene rings is 2. The van der Waals surface area contributed by atoms with Crippen LogP contribution in [0.4, 0.5) is 0 Å². The third kappa shape index (κ3) is 9.14. The van der Waals surface area contributed by atoms with Crippen LogP contribution in [0.5, 0.6) is 11.5 Å². The number of hydrogen-bond donors (Lipinski definition) is 0. The van der Waals surface area contributed by atoms with Gasteiger partial charge in [-0.1, -0.05) is 76.6 Å². The summed E-state index contributed by atoms with van der Waals surface area (Å²) >= 11 is 0. The monoisotopic (exact) mass is 426 g/mol. The first-order chi connectivity index (χ1) is 15.2. The second-order valence-electron chi connectivity index (χ2n) is 7.94. The molecule has 2 aromatic carbocycles. The predicted octanol–water partition coefficient (Wildman–Crippen LogP) is 7.52. The fraction of sp³-hybridized carbons (Fsp3) is 0.519. The van der Waals surface area contributed by atoms with Gasteiger partial charge >= 0.3 is 5.97 Å². The lowest BCUT2D eigenvalue weighted by atomic mass is 10.1. The number of unbranched alkanes of at least 4 members (excludes halogenated alkanes) is 6. The minimum Gasteiger partial charge on any atom is -0.490 e. The third-order valence-electron chi connectivity index (χ3n) is 5.29. The van der Waals surface area contributed by atoms with Crippen LogP contribution >= 0.6 is 0 Å². The number of carbonyl (C=O) groups is 1. The first kappa shape index (κ1) is 24.9. The lowest BCUT2D eigenvalue weighted by Crippen LogP contribution is -2.10. The van der Waals surface area contributed by atoms with Crippen LogP contribution in [-0.4, -0.2) is 19.2 Å². The Morgan fingerprint density at radius 2 is 1.42 bits per heavy atom. The van der Waals surface area contributed by atoms with Crippen LogP contribution in [0.15, 0.2) is 48.5 Å². The summed E-state index contributed by atoms with van der Waals surface area (Å²) in [5.41, 5.74) is 1.56. The summed E-state index contributed by atoms with van der Waals surface area (Å²) in [4.78, 5) is 12.6. The maximum Gasteiger partial charge on any atom is 0.343 e. The molecule has 2 aromatic rings. The van der Waals surface area contributed by atoms with E-state index in [1.807, 2.05) is 37.3 Å². The van der Waals surface area contributed by atoms with Crippen molar-refractivity contribution in [3.05, 3.63) is 59.7 Å². The zero-order valence-electron chi connectivity index (χ0n) is 19.4. The van der Waals surface area contributed by atoms with Gasteiger partial charge in [-0.15, -0.1) is 0 Å². The van der Waals surface area contributed by atoms with Crippen molar-refractivity contribution in [1.82, 2.24) is 0 Å². The highest BCUT2D eigenvalue weighted by molar-refractivity contribution is 5.91. The largest absolute Gasteiger partial charge is 0.490 e. The number of hydrogen-bond acceptors (Lipinski definition) is 4. The zero-order valence-corrected chi connectivity index (χ0v) is 19.4. The van der Waals surface area contributed by atoms with Gasteiger partial charge in [0.25, 0.3) is 0 Å². The van der Waals surface area contributed by atoms with Crippen LogP contribution in [0.25, 0.3) is 0 Å². The van der Waals surface area contributed by atoms with Gasteiger partial charge < -0.3 is 14.2 Å². The fourth-order valence-electron chi connectivity index (χ4n) is 3.27. The van der Waals surface area contributed by atoms with E-state index in [4.69, 9.17) is 14.2 Å². The molecule has 31 heavy (non-hydrogen) atoms. The topological polar surface area (TPSA) is 44.8 Å². The molecule has 0 bridgehead atoms. The van der Waals surface area contributed by atoms with Crippen molar-refractivity contribution in [1.29, 1.82) is 0 Å². The van der Waals surface area contributed by atoms with E-state index in [9.17, 15) is 4.79 Å². The molecule has 1 atom stereocenters. The van der Waals surface area contributed by atoms with Gasteiger partial charge in [-0.25, -0.2) is 4.79 Å². The zero-order chi connectivity index (χ0) is 22.3. The quantitative estimate of drug-likeness (QED) is 0.168. The molecule has 0 heterocycles. The van der Waals surface area contributed by atoms with Crippen molar-refractivity contribution in [3.63, 3.8) is 0 Å². The van der Waals surface area contributed by atoms with Crippen LogP contribution in [0, 0.1) is 0 Å². The van der Waals surface area contributed by atoms with Gasteiger partial charge in [0.1, 0.15) is 0 Å². The van der Waals surface area contributed by atoms with E-state index in [0.29, 0.717) is 23.7 Å². The van der Waals surface area contributed by atoms with Crippen LogP contribution in [0.3, 0.4) is 0 Å². The van der Waals surface area contributed by atoms with Crippen molar-refractivity contribution in [3.8, 4) is 11.5 Å². The molecule has 0 aliphatic heterocycles. The summed E-state index contributed by atoms with van der Waals surface area (Å²) in [6, 6.07) is 14.8. The maximum atomic E-state index is 12.6. The molecule has 0 amide bonds. The lowest BCUT2D eigenvalue weighted by molar-refractivity contribution is 0.0635. The first-order valence-electron chi connectivity index (χ1n) is 11.8. The second kappa shape index (κ2) is 14.6. The predicted molar refractivity (Wildman–Crippen MR) is 126 cm³/mol. The number of para-hydroxylation sites is 2. The Morgan fingerprint density at radius 1 is 0.774 bits per heavy atom. The SMILES string of the molecule is CCCCCCCCOc1ccccc1OC(=O)c1ccc(C(C)OCCCC)cc1. The van der Waals surface area contributed by atoms with Gasteiger partial charge in [-0.2, -0.15) is 0 Å². The van der Waals surface area contributed by atoms with Crippen molar-refractivity contribution in [2.24, 2.45) is 0 Å². The standard InChI is InChI=1S/C27H38O4/c1-4-6-8-9-10-13-21-30-25-14-11-12-15-26(25)31-27(28)24-18-16-23(17-19-24)22(3)29-20-7-5-2/h11-12,14-19,22H,4-10,13,20-21H2,1-3H3. The van der Waals surface area contributed by atoms with E-state index in [0.717, 1.165) is 37.9 Å². The Balaban J connectivity index is 1.86. The number of esters is 1. The molecule has 0 saturated heterocycles. The highest BCUT2D eigenvalue weighted by Gasteiger charge is 2.13. The van der Waals surface area contributed by atoms with Crippen molar-refractivity contribution >= 4 is 5.97 Å². The highest BCUT2D eigenvalue weighted by Crippen LogP contribution is 2.28. The Hall–Kier alpha value is -2.33. The summed E-state index contributed by atoms with van der Waals surface area (Å²) in [5.74, 6) is 0.680. The third-order valence-corrected chi connectivity index (χ3v) is 5.29. The van der Waals surface area contributed by atoms with Gasteiger partial charge in [0.2, 0.25) is 0 Å².